The molecule has 0 rings (SSSR count). The van der Waals surface area contributed by atoms with Crippen LogP contribution in [-0.4, -0.2) is 0 Å². The van der Waals surface area contributed by atoms with Crippen LogP contribution >= 0.6 is 0 Å². The van der Waals surface area contributed by atoms with E-state index in [1.165, 1.54) is 121 Å². The molecule has 0 saturated carbocycles. The number of hydrogen-bond donors (Lipinski definition) is 0. The summed E-state index contributed by atoms with van der Waals surface area (Å²) in [5, 5.41) is 0. The van der Waals surface area contributed by atoms with Gasteiger partial charge >= 0.3 is 0 Å². The molecule has 0 spiro atoms. The van der Waals surface area contributed by atoms with Crippen LogP contribution in [0, 0.1) is 5.92 Å². The van der Waals surface area contributed by atoms with Crippen molar-refractivity contribution in [2.24, 2.45) is 0 Å². The summed E-state index contributed by atoms with van der Waals surface area (Å²) in [5.41, 5.74) is 0. The van der Waals surface area contributed by atoms with E-state index in [2.05, 4.69) is 26.5 Å². The van der Waals surface area contributed by atoms with Crippen LogP contribution in [-0.2, 0) is 0 Å². The third kappa shape index (κ3) is 17.9. The molecule has 137 valence electrons. The zero-order valence-electron chi connectivity index (χ0n) is 16.5. The van der Waals surface area contributed by atoms with E-state index in [0.29, 0.717) is 0 Å². The highest BCUT2D eigenvalue weighted by molar-refractivity contribution is 5.04. The predicted octanol–water partition coefficient (Wildman–Crippen LogP) is 8.81. The quantitative estimate of drug-likeness (QED) is 0.208. The Morgan fingerprint density at radius 3 is 1.22 bits per heavy atom. The van der Waals surface area contributed by atoms with Crippen molar-refractivity contribution in [2.75, 3.05) is 0 Å². The SMILES string of the molecule is C=C[C](CC)CCCCCCCCCCCCCCCCCC. The van der Waals surface area contributed by atoms with Gasteiger partial charge in [-0.3, -0.25) is 0 Å². The van der Waals surface area contributed by atoms with Gasteiger partial charge in [0.15, 0.2) is 0 Å². The molecule has 0 bridgehead atoms. The predicted molar refractivity (Wildman–Crippen MR) is 108 cm³/mol. The minimum atomic E-state index is 1.18. The van der Waals surface area contributed by atoms with Crippen LogP contribution in [0.15, 0.2) is 12.7 Å². The molecule has 0 N–H and O–H groups in total. The highest BCUT2D eigenvalue weighted by Gasteiger charge is 2.00. The maximum atomic E-state index is 3.89. The summed E-state index contributed by atoms with van der Waals surface area (Å²) in [6.45, 7) is 8.42. The third-order valence-electron chi connectivity index (χ3n) is 5.09. The van der Waals surface area contributed by atoms with E-state index in [1.54, 1.807) is 0 Å². The van der Waals surface area contributed by atoms with Crippen molar-refractivity contribution in [2.45, 2.75) is 129 Å². The van der Waals surface area contributed by atoms with E-state index >= 15 is 0 Å². The first-order chi connectivity index (χ1) is 11.3. The number of allylic oxidation sites excluding steroid dienone is 1. The van der Waals surface area contributed by atoms with Gasteiger partial charge in [0.25, 0.3) is 0 Å². The molecule has 0 nitrogen and oxygen atoms in total. The molecule has 0 unspecified atom stereocenters. The number of rotatable bonds is 19. The van der Waals surface area contributed by atoms with Crippen molar-refractivity contribution in [3.63, 3.8) is 0 Å². The Morgan fingerprint density at radius 2 is 0.913 bits per heavy atom. The van der Waals surface area contributed by atoms with Gasteiger partial charge < -0.3 is 0 Å². The van der Waals surface area contributed by atoms with Crippen LogP contribution in [0.2, 0.25) is 0 Å². The average Bonchev–Trinajstić information content (AvgIpc) is 2.58. The third-order valence-corrected chi connectivity index (χ3v) is 5.09. The van der Waals surface area contributed by atoms with Crippen LogP contribution < -0.4 is 0 Å². The van der Waals surface area contributed by atoms with Gasteiger partial charge in [-0.1, -0.05) is 123 Å². The second-order valence-corrected chi connectivity index (χ2v) is 7.27. The van der Waals surface area contributed by atoms with Gasteiger partial charge in [-0.15, -0.1) is 6.58 Å². The van der Waals surface area contributed by atoms with Gasteiger partial charge in [-0.2, -0.15) is 0 Å². The van der Waals surface area contributed by atoms with E-state index in [4.69, 9.17) is 0 Å². The van der Waals surface area contributed by atoms with Gasteiger partial charge in [0.1, 0.15) is 0 Å². The maximum Gasteiger partial charge on any atom is -0.00328 e. The molecule has 0 saturated heterocycles. The molecule has 0 aromatic rings. The monoisotopic (exact) mass is 321 g/mol. The van der Waals surface area contributed by atoms with Crippen molar-refractivity contribution in [3.8, 4) is 0 Å². The lowest BCUT2D eigenvalue weighted by molar-refractivity contribution is 0.528. The molecule has 0 aliphatic heterocycles. The van der Waals surface area contributed by atoms with Gasteiger partial charge in [0, 0.05) is 0 Å². The topological polar surface area (TPSA) is 0 Å². The Morgan fingerprint density at radius 1 is 0.565 bits per heavy atom. The molecule has 0 fully saturated rings. The minimum absolute atomic E-state index is 1.18. The highest BCUT2D eigenvalue weighted by atomic mass is 14.1. The largest absolute Gasteiger partial charge is 0.102 e. The molecular formula is C23H45. The van der Waals surface area contributed by atoms with Crippen LogP contribution in [0.3, 0.4) is 0 Å². The normalized spacial score (nSPS) is 11.3. The van der Waals surface area contributed by atoms with E-state index in [0.717, 1.165) is 0 Å². The average molecular weight is 322 g/mol. The first kappa shape index (κ1) is 22.7. The summed E-state index contributed by atoms with van der Waals surface area (Å²) in [6, 6.07) is 0. The molecule has 0 heteroatoms. The van der Waals surface area contributed by atoms with Crippen LogP contribution in [0.5, 0.6) is 0 Å². The van der Waals surface area contributed by atoms with Crippen molar-refractivity contribution >= 4 is 0 Å². The molecule has 1 radical (unpaired) electrons. The lowest BCUT2D eigenvalue weighted by atomic mass is 9.98. The minimum Gasteiger partial charge on any atom is -0.102 e. The second-order valence-electron chi connectivity index (χ2n) is 7.27. The molecule has 0 amide bonds. The molecule has 0 aliphatic carbocycles. The standard InChI is InChI=1S/C23H45/c1-4-7-8-9-10-11-12-13-14-15-16-17-18-19-20-21-22-23(5-2)6-3/h5H,2,4,6-22H2,1,3H3. The first-order valence-corrected chi connectivity index (χ1v) is 10.8. The van der Waals surface area contributed by atoms with E-state index in [-0.39, 0.29) is 0 Å². The molecule has 0 aliphatic rings. The van der Waals surface area contributed by atoms with Gasteiger partial charge in [0.05, 0.1) is 0 Å². The molecule has 0 heterocycles. The Labute approximate surface area is 148 Å². The lowest BCUT2D eigenvalue weighted by Gasteiger charge is -2.08. The van der Waals surface area contributed by atoms with Crippen molar-refractivity contribution in [1.29, 1.82) is 0 Å². The maximum absolute atomic E-state index is 3.89. The first-order valence-electron chi connectivity index (χ1n) is 10.8. The fourth-order valence-electron chi connectivity index (χ4n) is 3.32. The van der Waals surface area contributed by atoms with E-state index in [9.17, 15) is 0 Å². The zero-order valence-corrected chi connectivity index (χ0v) is 16.5. The van der Waals surface area contributed by atoms with Crippen molar-refractivity contribution in [3.05, 3.63) is 18.6 Å². The van der Waals surface area contributed by atoms with Gasteiger partial charge in [0.2, 0.25) is 0 Å². The highest BCUT2D eigenvalue weighted by Crippen LogP contribution is 2.18. The molecule has 0 atom stereocenters. The smallest absolute Gasteiger partial charge is 0.00328 e. The summed E-state index contributed by atoms with van der Waals surface area (Å²) in [5.74, 6) is 1.54. The summed E-state index contributed by atoms with van der Waals surface area (Å²) < 4.78 is 0. The van der Waals surface area contributed by atoms with Gasteiger partial charge in [-0.05, 0) is 18.8 Å². The zero-order chi connectivity index (χ0) is 17.0. The Hall–Kier alpha value is -0.260. The Kier molecular flexibility index (Phi) is 19.6. The van der Waals surface area contributed by atoms with E-state index < -0.39 is 0 Å². The molecule has 0 aromatic carbocycles. The summed E-state index contributed by atoms with van der Waals surface area (Å²) in [7, 11) is 0. The number of unbranched alkanes of at least 4 members (excludes halogenated alkanes) is 15. The van der Waals surface area contributed by atoms with Crippen molar-refractivity contribution < 1.29 is 0 Å². The lowest BCUT2D eigenvalue weighted by Crippen LogP contribution is -1.91. The Balaban J connectivity index is 3.04. The summed E-state index contributed by atoms with van der Waals surface area (Å²) >= 11 is 0. The van der Waals surface area contributed by atoms with Crippen LogP contribution in [0.4, 0.5) is 0 Å². The number of hydrogen-bond acceptors (Lipinski definition) is 0. The summed E-state index contributed by atoms with van der Waals surface area (Å²) in [4.78, 5) is 0. The molecule has 0 aromatic heterocycles. The fraction of sp³-hybridized carbons (Fsp3) is 0.870. The Bertz CT molecular complexity index is 218. The fourth-order valence-corrected chi connectivity index (χ4v) is 3.32. The van der Waals surface area contributed by atoms with Crippen LogP contribution in [0.25, 0.3) is 0 Å². The van der Waals surface area contributed by atoms with Gasteiger partial charge in [-0.25, -0.2) is 0 Å². The van der Waals surface area contributed by atoms with Crippen molar-refractivity contribution in [1.82, 2.24) is 0 Å². The van der Waals surface area contributed by atoms with E-state index in [1.807, 2.05) is 0 Å². The van der Waals surface area contributed by atoms with Crippen LogP contribution in [0.1, 0.15) is 129 Å². The second kappa shape index (κ2) is 19.8. The molecule has 23 heavy (non-hydrogen) atoms. The molecular weight excluding hydrogens is 276 g/mol. The summed E-state index contributed by atoms with van der Waals surface area (Å²) in [6.07, 6.45) is 27.7.